The normalized spacial score (nSPS) is 21.8. The fourth-order valence-electron chi connectivity index (χ4n) is 12.6. The molecule has 2 aliphatic carbocycles. The molecule has 404 valence electrons. The molecule has 10 rings (SSSR count). The predicted octanol–water partition coefficient (Wildman–Crippen LogP) is 10.9. The van der Waals surface area contributed by atoms with E-state index in [9.17, 15) is 36.9 Å². The quantitative estimate of drug-likeness (QED) is 0.143. The summed E-state index contributed by atoms with van der Waals surface area (Å²) in [5, 5.41) is 32.5. The Labute approximate surface area is 453 Å². The van der Waals surface area contributed by atoms with Crippen LogP contribution in [0.25, 0.3) is 0 Å². The Morgan fingerprint density at radius 3 is 1.53 bits per heavy atom. The molecular formula is C58H76N6O7S4. The predicted molar refractivity (Wildman–Crippen MR) is 299 cm³/mol. The number of rotatable bonds is 9. The maximum Gasteiger partial charge on any atom is 0.307 e. The summed E-state index contributed by atoms with van der Waals surface area (Å²) < 4.78 is 48.7. The van der Waals surface area contributed by atoms with Crippen molar-refractivity contribution in [3.63, 3.8) is 0 Å². The van der Waals surface area contributed by atoms with Crippen molar-refractivity contribution in [1.82, 2.24) is 9.80 Å². The molecule has 17 heteroatoms. The molecule has 4 aromatic rings. The van der Waals surface area contributed by atoms with Gasteiger partial charge in [-0.15, -0.1) is 22.7 Å². The third-order valence-corrected chi connectivity index (χ3v) is 23.2. The second-order valence-corrected chi connectivity index (χ2v) is 30.8. The van der Waals surface area contributed by atoms with Crippen molar-refractivity contribution in [3.05, 3.63) is 90.7 Å². The average molecular weight is 1100 g/mol. The Morgan fingerprint density at radius 1 is 0.667 bits per heavy atom. The third kappa shape index (κ3) is 12.4. The average Bonchev–Trinajstić information content (AvgIpc) is 3.93. The molecule has 0 radical (unpaired) electrons. The number of nitrogens with zero attached hydrogens (tertiary/aromatic N) is 4. The van der Waals surface area contributed by atoms with Crippen molar-refractivity contribution in [3.8, 4) is 12.1 Å². The number of sulfone groups is 2. The Hall–Kier alpha value is -4.62. The van der Waals surface area contributed by atoms with Gasteiger partial charge in [0.15, 0.2) is 19.7 Å². The summed E-state index contributed by atoms with van der Waals surface area (Å²) in [6.45, 7) is 20.7. The van der Waals surface area contributed by atoms with Crippen LogP contribution < -0.4 is 11.1 Å². The molecule has 0 atom stereocenters. The minimum atomic E-state index is -3.28. The molecule has 0 saturated heterocycles. The van der Waals surface area contributed by atoms with Crippen molar-refractivity contribution in [2.75, 3.05) is 35.6 Å². The van der Waals surface area contributed by atoms with Gasteiger partial charge in [0.05, 0.1) is 45.3 Å². The molecule has 2 aromatic heterocycles. The highest BCUT2D eigenvalue weighted by molar-refractivity contribution is 7.92. The van der Waals surface area contributed by atoms with Gasteiger partial charge in [0.2, 0.25) is 5.91 Å². The summed E-state index contributed by atoms with van der Waals surface area (Å²) in [6.07, 6.45) is 15.4. The molecule has 0 spiro atoms. The van der Waals surface area contributed by atoms with E-state index in [2.05, 4.69) is 54.9 Å². The van der Waals surface area contributed by atoms with Crippen LogP contribution in [0.4, 0.5) is 10.0 Å². The van der Waals surface area contributed by atoms with E-state index in [-0.39, 0.29) is 41.3 Å². The standard InChI is InChI=1S/C29H37N3O3S2.C17H25N3S.C12H14O4S/c1-28(2)18-37(34,35)25-11-10-20(12-23(25)28)13-26(33)31-27-21(15-30)22-17-32(16-19-8-6-5-7-9-19)29(3,4)14-24(22)36-27;1-17(2)8-15-14(13(9-18)16(19)21-15)11-20(17)10-12-6-4-3-5-7-12;1-12(2)7-17(15,16)10-4-3-8(5-9(10)12)6-11(13)14/h10-12,19H,5-9,13-14,16-18H2,1-4H3,(H,31,33);12H,3-8,10-11,19H2,1-2H3;3-5H,6-7H2,1-2H3,(H,13,14). The van der Waals surface area contributed by atoms with Gasteiger partial charge in [-0.3, -0.25) is 19.4 Å². The number of carboxylic acid groups (broad SMARTS) is 1. The van der Waals surface area contributed by atoms with Gasteiger partial charge in [0.1, 0.15) is 22.1 Å². The van der Waals surface area contributed by atoms with Crippen molar-refractivity contribution in [2.45, 2.75) is 190 Å². The van der Waals surface area contributed by atoms with E-state index in [1.807, 2.05) is 33.8 Å². The van der Waals surface area contributed by atoms with Crippen LogP contribution in [0.5, 0.6) is 0 Å². The number of amides is 1. The molecule has 6 heterocycles. The second-order valence-electron chi connectivity index (χ2n) is 24.7. The van der Waals surface area contributed by atoms with Crippen LogP contribution in [0.1, 0.15) is 174 Å². The molecule has 4 N–H and O–H groups in total. The molecule has 6 aliphatic rings. The third-order valence-electron chi connectivity index (χ3n) is 16.7. The lowest BCUT2D eigenvalue weighted by Gasteiger charge is -2.44. The largest absolute Gasteiger partial charge is 0.481 e. The lowest BCUT2D eigenvalue weighted by Crippen LogP contribution is -2.50. The summed E-state index contributed by atoms with van der Waals surface area (Å²) in [6, 6.07) is 14.7. The number of nitrogens with two attached hydrogens (primary N) is 1. The van der Waals surface area contributed by atoms with Crippen LogP contribution in [-0.4, -0.2) is 79.3 Å². The van der Waals surface area contributed by atoms with Crippen molar-refractivity contribution in [2.24, 2.45) is 11.8 Å². The number of thiophene rings is 2. The number of aliphatic carboxylic acids is 1. The number of nitrogen functional groups attached to an aromatic ring is 1. The summed E-state index contributed by atoms with van der Waals surface area (Å²) >= 11 is 3.16. The van der Waals surface area contributed by atoms with Crippen molar-refractivity contribution >= 4 is 64.2 Å². The number of hydrogen-bond acceptors (Lipinski definition) is 13. The zero-order valence-corrected chi connectivity index (χ0v) is 48.4. The molecular weight excluding hydrogens is 1020 g/mol. The van der Waals surface area contributed by atoms with E-state index in [0.29, 0.717) is 30.9 Å². The second kappa shape index (κ2) is 21.7. The summed E-state index contributed by atoms with van der Waals surface area (Å²) in [7, 11) is -6.49. The number of fused-ring (bicyclic) bond motifs is 4. The zero-order valence-electron chi connectivity index (χ0n) is 45.2. The highest BCUT2D eigenvalue weighted by atomic mass is 32.2. The number of hydrogen-bond donors (Lipinski definition) is 3. The molecule has 2 fully saturated rings. The van der Waals surface area contributed by atoms with Gasteiger partial charge in [-0.2, -0.15) is 10.5 Å². The van der Waals surface area contributed by atoms with Gasteiger partial charge in [-0.25, -0.2) is 16.8 Å². The van der Waals surface area contributed by atoms with Gasteiger partial charge < -0.3 is 16.2 Å². The first-order valence-corrected chi connectivity index (χ1v) is 31.7. The number of carbonyl (C=O) groups excluding carboxylic acids is 1. The van der Waals surface area contributed by atoms with Crippen LogP contribution in [0.2, 0.25) is 0 Å². The van der Waals surface area contributed by atoms with E-state index < -0.39 is 36.5 Å². The Balaban J connectivity index is 0.000000165. The van der Waals surface area contributed by atoms with Crippen molar-refractivity contribution in [1.29, 1.82) is 10.5 Å². The Bertz CT molecular complexity index is 3160. The van der Waals surface area contributed by atoms with E-state index in [1.165, 1.54) is 103 Å². The molecule has 13 nitrogen and oxygen atoms in total. The van der Waals surface area contributed by atoms with Gasteiger partial charge in [0.25, 0.3) is 0 Å². The van der Waals surface area contributed by atoms with Crippen LogP contribution in [0.3, 0.4) is 0 Å². The number of carboxylic acids is 1. The van der Waals surface area contributed by atoms with Gasteiger partial charge in [-0.05, 0) is 99.6 Å². The Kier molecular flexibility index (Phi) is 16.3. The topological polar surface area (TPSA) is 215 Å². The number of nitriles is 2. The summed E-state index contributed by atoms with van der Waals surface area (Å²) in [5.41, 5.74) is 11.8. The number of benzene rings is 2. The highest BCUT2D eigenvalue weighted by Crippen LogP contribution is 2.45. The minimum Gasteiger partial charge on any atom is -0.481 e. The van der Waals surface area contributed by atoms with Crippen LogP contribution in [0.15, 0.2) is 46.2 Å². The minimum absolute atomic E-state index is 0.0147. The lowest BCUT2D eigenvalue weighted by molar-refractivity contribution is -0.136. The first-order chi connectivity index (χ1) is 35.1. The molecule has 2 aromatic carbocycles. The lowest BCUT2D eigenvalue weighted by atomic mass is 9.84. The molecule has 2 saturated carbocycles. The molecule has 4 aliphatic heterocycles. The fourth-order valence-corrected chi connectivity index (χ4v) is 19.6. The fraction of sp³-hybridized carbons (Fsp3) is 0.586. The van der Waals surface area contributed by atoms with E-state index in [0.717, 1.165) is 72.1 Å². The van der Waals surface area contributed by atoms with Gasteiger partial charge >= 0.3 is 5.97 Å². The smallest absolute Gasteiger partial charge is 0.307 e. The zero-order chi connectivity index (χ0) is 54.5. The number of nitrogens with one attached hydrogen (secondary N) is 1. The van der Waals surface area contributed by atoms with E-state index in [4.69, 9.17) is 10.8 Å². The number of anilines is 2. The molecule has 75 heavy (non-hydrogen) atoms. The number of carbonyl (C=O) groups is 2. The maximum absolute atomic E-state index is 13.1. The molecule has 1 amide bonds. The highest BCUT2D eigenvalue weighted by Gasteiger charge is 2.43. The van der Waals surface area contributed by atoms with Crippen LogP contribution in [0, 0.1) is 34.5 Å². The van der Waals surface area contributed by atoms with Crippen LogP contribution in [-0.2, 0) is 78.9 Å². The first-order valence-electron chi connectivity index (χ1n) is 26.7. The van der Waals surface area contributed by atoms with E-state index in [1.54, 1.807) is 35.6 Å². The van der Waals surface area contributed by atoms with Crippen LogP contribution >= 0.6 is 22.7 Å². The van der Waals surface area contributed by atoms with Crippen molar-refractivity contribution < 1.29 is 31.5 Å². The van der Waals surface area contributed by atoms with Gasteiger partial charge in [-0.1, -0.05) is 90.5 Å². The summed E-state index contributed by atoms with van der Waals surface area (Å²) in [5.74, 6) is 0.638. The first kappa shape index (κ1) is 56.6. The SMILES string of the molecule is CC1(C)CS(=O)(=O)c2ccc(CC(=O)Nc3sc4c(c3C#N)CN(CC3CCCCC3)C(C)(C)C4)cc21.CC1(C)CS(=O)(=O)c2ccc(CC(=O)O)cc21.CC1(C)Cc2sc(N)c(C#N)c2CN1CC1CCCCC1. The Morgan fingerprint density at radius 2 is 1.09 bits per heavy atom. The van der Waals surface area contributed by atoms with Gasteiger partial charge in [0, 0.05) is 81.8 Å². The monoisotopic (exact) mass is 1100 g/mol. The molecule has 0 bridgehead atoms. The summed E-state index contributed by atoms with van der Waals surface area (Å²) in [4.78, 5) is 32.1. The maximum atomic E-state index is 13.1. The van der Waals surface area contributed by atoms with E-state index >= 15 is 0 Å². The molecule has 0 unspecified atom stereocenters.